The topological polar surface area (TPSA) is 101 Å². The summed E-state index contributed by atoms with van der Waals surface area (Å²) in [7, 11) is 1.36. The molecule has 1 aromatic carbocycles. The van der Waals surface area contributed by atoms with Gasteiger partial charge in [-0.15, -0.1) is 16.4 Å². The molecule has 0 aliphatic rings. The first kappa shape index (κ1) is 21.0. The molecule has 5 aromatic rings. The van der Waals surface area contributed by atoms with E-state index >= 15 is 0 Å². The average molecular weight is 465 g/mol. The minimum atomic E-state index is -0.392. The van der Waals surface area contributed by atoms with Crippen LogP contribution in [0.3, 0.4) is 0 Å². The number of rotatable bonds is 7. The summed E-state index contributed by atoms with van der Waals surface area (Å²) in [5.74, 6) is 2.69. The zero-order valence-electron chi connectivity index (χ0n) is 18.2. The third-order valence-corrected chi connectivity index (χ3v) is 6.22. The lowest BCUT2D eigenvalue weighted by Gasteiger charge is -2.06. The number of furan rings is 1. The molecule has 0 aliphatic carbocycles. The van der Waals surface area contributed by atoms with Gasteiger partial charge in [-0.05, 0) is 55.8 Å². The van der Waals surface area contributed by atoms with Gasteiger partial charge in [0.2, 0.25) is 5.82 Å². The van der Waals surface area contributed by atoms with E-state index in [2.05, 4.69) is 15.1 Å². The molecule has 0 saturated heterocycles. The Hall–Kier alpha value is -3.92. The molecular formula is C23H20N4O5S. The monoisotopic (exact) mass is 464 g/mol. The van der Waals surface area contributed by atoms with Crippen molar-refractivity contribution in [3.63, 3.8) is 0 Å². The first-order chi connectivity index (χ1) is 16.1. The highest BCUT2D eigenvalue weighted by Gasteiger charge is 2.21. The number of aromatic nitrogens is 4. The smallest absolute Gasteiger partial charge is 0.348 e. The van der Waals surface area contributed by atoms with Crippen LogP contribution in [-0.4, -0.2) is 39.3 Å². The quantitative estimate of drug-likeness (QED) is 0.320. The second-order valence-electron chi connectivity index (χ2n) is 7.14. The summed E-state index contributed by atoms with van der Waals surface area (Å²) in [5, 5.41) is 5.26. The number of aryl methyl sites for hydroxylation is 1. The van der Waals surface area contributed by atoms with E-state index in [1.54, 1.807) is 16.9 Å². The molecule has 9 nitrogen and oxygen atoms in total. The molecule has 0 fully saturated rings. The van der Waals surface area contributed by atoms with E-state index in [0.717, 1.165) is 16.7 Å². The highest BCUT2D eigenvalue weighted by molar-refractivity contribution is 7.20. The van der Waals surface area contributed by atoms with Crippen LogP contribution in [0.1, 0.15) is 27.9 Å². The molecule has 4 aromatic heterocycles. The van der Waals surface area contributed by atoms with Crippen LogP contribution >= 0.6 is 11.3 Å². The fraction of sp³-hybridized carbons (Fsp3) is 0.217. The van der Waals surface area contributed by atoms with Crippen LogP contribution in [0.5, 0.6) is 11.5 Å². The van der Waals surface area contributed by atoms with Crippen LogP contribution in [0.2, 0.25) is 0 Å². The number of hydrogen-bond donors (Lipinski definition) is 0. The van der Waals surface area contributed by atoms with Crippen molar-refractivity contribution in [3.05, 3.63) is 58.9 Å². The number of esters is 1. The molecule has 168 valence electrons. The second-order valence-corrected chi connectivity index (χ2v) is 8.13. The first-order valence-electron chi connectivity index (χ1n) is 10.2. The van der Waals surface area contributed by atoms with E-state index in [1.807, 2.05) is 44.2 Å². The van der Waals surface area contributed by atoms with Gasteiger partial charge in [-0.2, -0.15) is 0 Å². The molecule has 0 unspecified atom stereocenters. The number of ether oxygens (including phenoxy) is 3. The second kappa shape index (κ2) is 8.55. The van der Waals surface area contributed by atoms with Gasteiger partial charge in [0.25, 0.3) is 0 Å². The SMILES string of the molecule is CCOc1ccc(OCc2ccc(-c3nc4c5c(C)c(C(=O)OC)sc5ncn4n3)o2)cc1. The molecule has 0 amide bonds. The van der Waals surface area contributed by atoms with Gasteiger partial charge in [0.15, 0.2) is 11.4 Å². The minimum Gasteiger partial charge on any atom is -0.494 e. The van der Waals surface area contributed by atoms with E-state index in [9.17, 15) is 4.79 Å². The first-order valence-corrected chi connectivity index (χ1v) is 11.1. The molecule has 5 rings (SSSR count). The summed E-state index contributed by atoms with van der Waals surface area (Å²) in [6.45, 7) is 4.67. The number of nitrogens with zero attached hydrogens (tertiary/aromatic N) is 4. The fourth-order valence-corrected chi connectivity index (χ4v) is 4.52. The zero-order valence-corrected chi connectivity index (χ0v) is 19.0. The predicted octanol–water partition coefficient (Wildman–Crippen LogP) is 4.67. The van der Waals surface area contributed by atoms with Crippen molar-refractivity contribution >= 4 is 33.2 Å². The normalized spacial score (nSPS) is 11.2. The van der Waals surface area contributed by atoms with Crippen molar-refractivity contribution in [1.29, 1.82) is 0 Å². The van der Waals surface area contributed by atoms with Gasteiger partial charge in [0.05, 0.1) is 19.1 Å². The molecule has 0 bridgehead atoms. The third kappa shape index (κ3) is 3.89. The maximum atomic E-state index is 12.1. The summed E-state index contributed by atoms with van der Waals surface area (Å²) in [6.07, 6.45) is 1.57. The number of methoxy groups -OCH3 is 1. The van der Waals surface area contributed by atoms with E-state index in [-0.39, 0.29) is 6.61 Å². The summed E-state index contributed by atoms with van der Waals surface area (Å²) >= 11 is 1.27. The van der Waals surface area contributed by atoms with E-state index < -0.39 is 5.97 Å². The molecule has 0 spiro atoms. The summed E-state index contributed by atoms with van der Waals surface area (Å²) in [5.41, 5.74) is 1.37. The lowest BCUT2D eigenvalue weighted by molar-refractivity contribution is 0.0605. The van der Waals surface area contributed by atoms with Gasteiger partial charge in [-0.1, -0.05) is 0 Å². The van der Waals surface area contributed by atoms with Crippen LogP contribution in [0, 0.1) is 6.92 Å². The molecule has 0 saturated carbocycles. The Morgan fingerprint density at radius 1 is 1.12 bits per heavy atom. The standard InChI is InChI=1S/C23H20N4O5S/c1-4-30-14-5-7-15(8-6-14)31-11-16-9-10-17(32-16)20-25-21-18-13(2)19(23(28)29-3)33-22(18)24-12-27(21)26-20/h5-10,12H,4,11H2,1-3H3. The van der Waals surface area contributed by atoms with Crippen molar-refractivity contribution in [3.8, 4) is 23.1 Å². The van der Waals surface area contributed by atoms with E-state index in [4.69, 9.17) is 18.6 Å². The Bertz CT molecular complexity index is 1450. The maximum Gasteiger partial charge on any atom is 0.348 e. The van der Waals surface area contributed by atoms with Crippen molar-refractivity contribution < 1.29 is 23.4 Å². The zero-order chi connectivity index (χ0) is 22.9. The third-order valence-electron chi connectivity index (χ3n) is 5.04. The Kier molecular flexibility index (Phi) is 5.43. The highest BCUT2D eigenvalue weighted by atomic mass is 32.1. The van der Waals surface area contributed by atoms with Gasteiger partial charge in [-0.25, -0.2) is 19.3 Å². The van der Waals surface area contributed by atoms with Gasteiger partial charge in [0.1, 0.15) is 39.9 Å². The van der Waals surface area contributed by atoms with Crippen LogP contribution in [-0.2, 0) is 11.3 Å². The molecular weight excluding hydrogens is 444 g/mol. The van der Waals surface area contributed by atoms with Crippen LogP contribution in [0.15, 0.2) is 47.1 Å². The maximum absolute atomic E-state index is 12.1. The molecule has 0 radical (unpaired) electrons. The molecule has 33 heavy (non-hydrogen) atoms. The Labute approximate surface area is 192 Å². The number of benzene rings is 1. The molecule has 0 N–H and O–H groups in total. The molecule has 4 heterocycles. The highest BCUT2D eigenvalue weighted by Crippen LogP contribution is 2.33. The van der Waals surface area contributed by atoms with Crippen molar-refractivity contribution in [1.82, 2.24) is 19.6 Å². The summed E-state index contributed by atoms with van der Waals surface area (Å²) < 4.78 is 23.6. The molecule has 0 atom stereocenters. The fourth-order valence-electron chi connectivity index (χ4n) is 3.45. The van der Waals surface area contributed by atoms with Gasteiger partial charge in [-0.3, -0.25) is 0 Å². The molecule has 10 heteroatoms. The van der Waals surface area contributed by atoms with Crippen LogP contribution in [0.4, 0.5) is 0 Å². The number of fused-ring (bicyclic) bond motifs is 3. The van der Waals surface area contributed by atoms with Crippen molar-refractivity contribution in [2.75, 3.05) is 13.7 Å². The number of hydrogen-bond acceptors (Lipinski definition) is 9. The number of thiophene rings is 1. The van der Waals surface area contributed by atoms with Gasteiger partial charge >= 0.3 is 5.97 Å². The van der Waals surface area contributed by atoms with Gasteiger partial charge in [0, 0.05) is 0 Å². The van der Waals surface area contributed by atoms with Crippen LogP contribution < -0.4 is 9.47 Å². The largest absolute Gasteiger partial charge is 0.494 e. The number of carbonyl (C=O) groups is 1. The predicted molar refractivity (Wildman–Crippen MR) is 122 cm³/mol. The Morgan fingerprint density at radius 2 is 1.88 bits per heavy atom. The summed E-state index contributed by atoms with van der Waals surface area (Å²) in [4.78, 5) is 22.3. The lowest BCUT2D eigenvalue weighted by Crippen LogP contribution is -1.99. The van der Waals surface area contributed by atoms with E-state index in [1.165, 1.54) is 18.4 Å². The van der Waals surface area contributed by atoms with Crippen LogP contribution in [0.25, 0.3) is 27.4 Å². The number of carbonyl (C=O) groups excluding carboxylic acids is 1. The summed E-state index contributed by atoms with van der Waals surface area (Å²) in [6, 6.07) is 11.1. The lowest BCUT2D eigenvalue weighted by atomic mass is 10.2. The van der Waals surface area contributed by atoms with E-state index in [0.29, 0.717) is 45.1 Å². The van der Waals surface area contributed by atoms with Crippen molar-refractivity contribution in [2.24, 2.45) is 0 Å². The van der Waals surface area contributed by atoms with Crippen molar-refractivity contribution in [2.45, 2.75) is 20.5 Å². The Morgan fingerprint density at radius 3 is 2.61 bits per heavy atom. The Balaban J connectivity index is 1.39. The average Bonchev–Trinajstić information content (AvgIpc) is 3.55. The minimum absolute atomic E-state index is 0.263. The molecule has 0 aliphatic heterocycles. The van der Waals surface area contributed by atoms with Gasteiger partial charge < -0.3 is 18.6 Å².